The van der Waals surface area contributed by atoms with Gasteiger partial charge in [-0.2, -0.15) is 0 Å². The van der Waals surface area contributed by atoms with Crippen molar-refractivity contribution in [1.29, 1.82) is 0 Å². The maximum atomic E-state index is 12.6. The smallest absolute Gasteiger partial charge is 0.313 e. The van der Waals surface area contributed by atoms with Crippen LogP contribution >= 0.6 is 0 Å². The van der Waals surface area contributed by atoms with E-state index in [0.717, 1.165) is 11.1 Å². The molecule has 6 nitrogen and oxygen atoms in total. The Morgan fingerprint density at radius 1 is 1.20 bits per heavy atom. The van der Waals surface area contributed by atoms with Crippen molar-refractivity contribution in [2.24, 2.45) is 11.8 Å². The Balaban J connectivity index is 2.02. The van der Waals surface area contributed by atoms with Gasteiger partial charge in [-0.1, -0.05) is 32.0 Å². The molecule has 3 rings (SSSR count). The normalized spacial score (nSPS) is 14.4. The third-order valence-electron chi connectivity index (χ3n) is 5.22. The first-order valence-electron chi connectivity index (χ1n) is 10.6. The molecule has 1 fully saturated rings. The van der Waals surface area contributed by atoms with Crippen LogP contribution < -0.4 is 4.74 Å². The van der Waals surface area contributed by atoms with Crippen molar-refractivity contribution in [2.75, 3.05) is 13.2 Å². The number of ether oxygens (including phenoxy) is 2. The van der Waals surface area contributed by atoms with Crippen molar-refractivity contribution < 1.29 is 19.2 Å². The highest BCUT2D eigenvalue weighted by Gasteiger charge is 2.26. The Labute approximate surface area is 177 Å². The third kappa shape index (κ3) is 5.59. The number of carbonyl (C=O) groups is 1. The lowest BCUT2D eigenvalue weighted by Gasteiger charge is -2.20. The molecular formula is C24H29NO5. The van der Waals surface area contributed by atoms with Crippen LogP contribution in [0.1, 0.15) is 51.5 Å². The predicted molar refractivity (Wildman–Crippen MR) is 116 cm³/mol. The van der Waals surface area contributed by atoms with Crippen molar-refractivity contribution in [3.05, 3.63) is 58.1 Å². The van der Waals surface area contributed by atoms with Gasteiger partial charge in [0, 0.05) is 17.7 Å². The van der Waals surface area contributed by atoms with Crippen molar-refractivity contribution in [3.8, 4) is 16.9 Å². The number of non-ortho nitro benzene ring substituents is 1. The van der Waals surface area contributed by atoms with E-state index >= 15 is 0 Å². The molecule has 0 bridgehead atoms. The topological polar surface area (TPSA) is 78.7 Å². The molecule has 0 N–H and O–H groups in total. The van der Waals surface area contributed by atoms with Gasteiger partial charge in [-0.05, 0) is 61.3 Å². The van der Waals surface area contributed by atoms with E-state index in [-0.39, 0.29) is 17.6 Å². The first-order chi connectivity index (χ1) is 14.4. The number of carbonyl (C=O) groups excluding carboxylic acids is 1. The van der Waals surface area contributed by atoms with E-state index in [1.807, 2.05) is 24.3 Å². The van der Waals surface area contributed by atoms with E-state index in [4.69, 9.17) is 9.47 Å². The summed E-state index contributed by atoms with van der Waals surface area (Å²) in [4.78, 5) is 23.5. The Morgan fingerprint density at radius 3 is 2.60 bits per heavy atom. The lowest BCUT2D eigenvalue weighted by atomic mass is 9.88. The summed E-state index contributed by atoms with van der Waals surface area (Å²) in [7, 11) is 0. The zero-order valence-corrected chi connectivity index (χ0v) is 17.8. The number of nitro groups is 1. The van der Waals surface area contributed by atoms with E-state index in [1.165, 1.54) is 18.9 Å². The average molecular weight is 411 g/mol. The quantitative estimate of drug-likeness (QED) is 0.283. The van der Waals surface area contributed by atoms with Gasteiger partial charge in [0.25, 0.3) is 5.69 Å². The molecule has 1 unspecified atom stereocenters. The molecule has 1 aliphatic rings. The third-order valence-corrected chi connectivity index (χ3v) is 5.22. The minimum atomic E-state index is -0.405. The number of rotatable bonds is 10. The minimum Gasteiger partial charge on any atom is -0.493 e. The highest BCUT2D eigenvalue weighted by atomic mass is 16.6. The molecular weight excluding hydrogens is 382 g/mol. The summed E-state index contributed by atoms with van der Waals surface area (Å²) >= 11 is 0. The summed E-state index contributed by atoms with van der Waals surface area (Å²) in [5.41, 5.74) is 2.32. The van der Waals surface area contributed by atoms with Crippen LogP contribution in [0.3, 0.4) is 0 Å². The molecule has 0 amide bonds. The van der Waals surface area contributed by atoms with Crippen molar-refractivity contribution in [1.82, 2.24) is 0 Å². The van der Waals surface area contributed by atoms with Crippen LogP contribution in [0.2, 0.25) is 0 Å². The van der Waals surface area contributed by atoms with Crippen LogP contribution in [-0.2, 0) is 9.53 Å². The van der Waals surface area contributed by atoms with Crippen molar-refractivity contribution in [2.45, 2.75) is 46.0 Å². The summed E-state index contributed by atoms with van der Waals surface area (Å²) in [5.74, 6) is 0.934. The molecule has 0 aromatic heterocycles. The summed E-state index contributed by atoms with van der Waals surface area (Å²) in [6, 6.07) is 12.2. The van der Waals surface area contributed by atoms with E-state index in [0.29, 0.717) is 42.8 Å². The monoisotopic (exact) mass is 411 g/mol. The van der Waals surface area contributed by atoms with Gasteiger partial charge in [0.1, 0.15) is 5.75 Å². The summed E-state index contributed by atoms with van der Waals surface area (Å²) < 4.78 is 11.4. The summed E-state index contributed by atoms with van der Waals surface area (Å²) in [6.07, 6.45) is 3.00. The molecule has 30 heavy (non-hydrogen) atoms. The number of nitro benzene ring substituents is 1. The standard InChI is InChI=1S/C24H29NO5/c1-4-29-24(26)22(12-16(2)3)19-10-11-23(30-15-17-8-9-17)21(14-19)18-6-5-7-20(13-18)25(27)28/h5-7,10-11,13-14,16-17,22H,4,8-9,12,15H2,1-3H3. The van der Waals surface area contributed by atoms with Gasteiger partial charge in [-0.15, -0.1) is 0 Å². The maximum Gasteiger partial charge on any atom is 0.313 e. The molecule has 6 heteroatoms. The van der Waals surface area contributed by atoms with Gasteiger partial charge in [-0.25, -0.2) is 0 Å². The highest BCUT2D eigenvalue weighted by molar-refractivity contribution is 5.80. The number of nitrogens with zero attached hydrogens (tertiary/aromatic N) is 1. The molecule has 0 heterocycles. The molecule has 1 atom stereocenters. The van der Waals surface area contributed by atoms with Crippen molar-refractivity contribution in [3.63, 3.8) is 0 Å². The fourth-order valence-electron chi connectivity index (χ4n) is 3.48. The van der Waals surface area contributed by atoms with Gasteiger partial charge >= 0.3 is 5.97 Å². The zero-order chi connectivity index (χ0) is 21.7. The molecule has 160 valence electrons. The molecule has 1 aliphatic carbocycles. The summed E-state index contributed by atoms with van der Waals surface area (Å²) in [6.45, 7) is 6.90. The second kappa shape index (κ2) is 9.74. The van der Waals surface area contributed by atoms with Crippen molar-refractivity contribution >= 4 is 11.7 Å². The van der Waals surface area contributed by atoms with E-state index in [2.05, 4.69) is 13.8 Å². The molecule has 1 saturated carbocycles. The van der Waals surface area contributed by atoms with Gasteiger partial charge < -0.3 is 9.47 Å². The second-order valence-corrected chi connectivity index (χ2v) is 8.25. The predicted octanol–water partition coefficient (Wildman–Crippen LogP) is 5.74. The van der Waals surface area contributed by atoms with Gasteiger partial charge in [0.05, 0.1) is 24.1 Å². The lowest BCUT2D eigenvalue weighted by Crippen LogP contribution is -2.18. The second-order valence-electron chi connectivity index (χ2n) is 8.25. The largest absolute Gasteiger partial charge is 0.493 e. The number of hydrogen-bond acceptors (Lipinski definition) is 5. The lowest BCUT2D eigenvalue weighted by molar-refractivity contribution is -0.384. The van der Waals surface area contributed by atoms with Crippen LogP contribution in [0.5, 0.6) is 5.75 Å². The highest BCUT2D eigenvalue weighted by Crippen LogP contribution is 2.38. The number of esters is 1. The molecule has 2 aromatic rings. The average Bonchev–Trinajstić information content (AvgIpc) is 3.55. The molecule has 0 saturated heterocycles. The SMILES string of the molecule is CCOC(=O)C(CC(C)C)c1ccc(OCC2CC2)c(-c2cccc([N+](=O)[O-])c2)c1. The fraction of sp³-hybridized carbons (Fsp3) is 0.458. The Morgan fingerprint density at radius 2 is 1.97 bits per heavy atom. The van der Waals surface area contributed by atoms with Gasteiger partial charge in [0.15, 0.2) is 0 Å². The molecule has 0 radical (unpaired) electrons. The van der Waals surface area contributed by atoms with Crippen LogP contribution in [0.25, 0.3) is 11.1 Å². The Kier molecular flexibility index (Phi) is 7.08. The fourth-order valence-corrected chi connectivity index (χ4v) is 3.48. The molecule has 0 spiro atoms. The Hall–Kier alpha value is -2.89. The summed E-state index contributed by atoms with van der Waals surface area (Å²) in [5, 5.41) is 11.3. The van der Waals surface area contributed by atoms with Crippen LogP contribution in [0.15, 0.2) is 42.5 Å². The minimum absolute atomic E-state index is 0.0233. The van der Waals surface area contributed by atoms with E-state index < -0.39 is 4.92 Å². The van der Waals surface area contributed by atoms with Gasteiger partial charge in [-0.3, -0.25) is 14.9 Å². The molecule has 2 aromatic carbocycles. The van der Waals surface area contributed by atoms with Crippen LogP contribution in [-0.4, -0.2) is 24.1 Å². The number of benzene rings is 2. The van der Waals surface area contributed by atoms with E-state index in [9.17, 15) is 14.9 Å². The van der Waals surface area contributed by atoms with E-state index in [1.54, 1.807) is 19.1 Å². The van der Waals surface area contributed by atoms with Gasteiger partial charge in [0.2, 0.25) is 0 Å². The first kappa shape index (κ1) is 21.8. The van der Waals surface area contributed by atoms with Crippen LogP contribution in [0, 0.1) is 22.0 Å². The maximum absolute atomic E-state index is 12.6. The zero-order valence-electron chi connectivity index (χ0n) is 17.8. The van der Waals surface area contributed by atoms with Crippen LogP contribution in [0.4, 0.5) is 5.69 Å². The Bertz CT molecular complexity index is 904. The molecule has 0 aliphatic heterocycles. The first-order valence-corrected chi connectivity index (χ1v) is 10.6. The number of hydrogen-bond donors (Lipinski definition) is 0.